The first kappa shape index (κ1) is 28.8. The summed E-state index contributed by atoms with van der Waals surface area (Å²) >= 11 is 0. The lowest BCUT2D eigenvalue weighted by Crippen LogP contribution is -2.33. The molecule has 0 heterocycles. The summed E-state index contributed by atoms with van der Waals surface area (Å²) in [4.78, 5) is 0.252. The van der Waals surface area contributed by atoms with Crippen molar-refractivity contribution in [3.63, 3.8) is 0 Å². The highest BCUT2D eigenvalue weighted by atomic mass is 32.2. The van der Waals surface area contributed by atoms with Crippen LogP contribution in [0.25, 0.3) is 0 Å². The van der Waals surface area contributed by atoms with E-state index in [1.54, 1.807) is 12.1 Å². The van der Waals surface area contributed by atoms with Crippen LogP contribution < -0.4 is 0 Å². The highest BCUT2D eigenvalue weighted by Gasteiger charge is 2.30. The van der Waals surface area contributed by atoms with E-state index in [1.165, 1.54) is 68.3 Å². The van der Waals surface area contributed by atoms with E-state index in [1.807, 2.05) is 30.3 Å². The molecule has 0 N–H and O–H groups in total. The van der Waals surface area contributed by atoms with Crippen LogP contribution >= 0.6 is 0 Å². The van der Waals surface area contributed by atoms with Crippen LogP contribution in [0.2, 0.25) is 24.2 Å². The van der Waals surface area contributed by atoms with E-state index in [-0.39, 0.29) is 11.5 Å². The van der Waals surface area contributed by atoms with E-state index < -0.39 is 18.2 Å². The third kappa shape index (κ3) is 10.0. The van der Waals surface area contributed by atoms with Gasteiger partial charge in [0.05, 0.1) is 19.6 Å². The Labute approximate surface area is 210 Å². The van der Waals surface area contributed by atoms with Crippen molar-refractivity contribution in [2.75, 3.05) is 6.61 Å². The van der Waals surface area contributed by atoms with E-state index in [4.69, 9.17) is 4.18 Å². The van der Waals surface area contributed by atoms with Crippen molar-refractivity contribution in [1.29, 1.82) is 0 Å². The summed E-state index contributed by atoms with van der Waals surface area (Å²) in [5.41, 5.74) is 2.31. The summed E-state index contributed by atoms with van der Waals surface area (Å²) in [5, 5.41) is 0. The first-order valence-electron chi connectivity index (χ1n) is 13.5. The Morgan fingerprint density at radius 2 is 1.15 bits per heavy atom. The molecule has 2 rings (SSSR count). The lowest BCUT2D eigenvalue weighted by atomic mass is 10.1. The lowest BCUT2D eigenvalue weighted by molar-refractivity contribution is 0.310. The molecule has 2 aromatic rings. The van der Waals surface area contributed by atoms with E-state index >= 15 is 0 Å². The average molecular weight is 503 g/mol. The zero-order chi connectivity index (χ0) is 24.7. The average Bonchev–Trinajstić information content (AvgIpc) is 2.85. The zero-order valence-electron chi connectivity index (χ0n) is 21.7. The first-order chi connectivity index (χ1) is 16.4. The van der Waals surface area contributed by atoms with Crippen LogP contribution in [0.4, 0.5) is 0 Å². The van der Waals surface area contributed by atoms with Gasteiger partial charge in [0.15, 0.2) is 0 Å². The molecule has 0 unspecified atom stereocenters. The molecule has 0 aromatic heterocycles. The van der Waals surface area contributed by atoms with E-state index in [0.29, 0.717) is 0 Å². The van der Waals surface area contributed by atoms with E-state index in [9.17, 15) is 8.42 Å². The van der Waals surface area contributed by atoms with Crippen LogP contribution in [0.5, 0.6) is 0 Å². The molecule has 0 saturated heterocycles. The van der Waals surface area contributed by atoms with Crippen LogP contribution in [0.3, 0.4) is 0 Å². The topological polar surface area (TPSA) is 43.4 Å². The van der Waals surface area contributed by atoms with Gasteiger partial charge in [0.1, 0.15) is 0 Å². The molecule has 5 heteroatoms. The summed E-state index contributed by atoms with van der Waals surface area (Å²) in [6.07, 6.45) is 10.6. The Balaban J connectivity index is 1.86. The molecule has 0 aliphatic heterocycles. The molecule has 0 aliphatic carbocycles. The van der Waals surface area contributed by atoms with Gasteiger partial charge >= 0.3 is 0 Å². The predicted molar refractivity (Wildman–Crippen MR) is 148 cm³/mol. The van der Waals surface area contributed by atoms with Crippen molar-refractivity contribution in [3.8, 4) is 0 Å². The largest absolute Gasteiger partial charge is 0.296 e. The number of unbranched alkanes of at least 4 members (excludes halogenated alkanes) is 4. The van der Waals surface area contributed by atoms with Gasteiger partial charge in [0.2, 0.25) is 0 Å². The Bertz CT molecular complexity index is 873. The molecule has 0 saturated carbocycles. The molecular formula is C29H46O3SSi. The van der Waals surface area contributed by atoms with Crippen molar-refractivity contribution in [3.05, 3.63) is 65.7 Å². The Morgan fingerprint density at radius 3 is 1.68 bits per heavy atom. The maximum absolute atomic E-state index is 12.7. The van der Waals surface area contributed by atoms with Gasteiger partial charge in [-0.25, -0.2) is 0 Å². The summed E-state index contributed by atoms with van der Waals surface area (Å²) in [6, 6.07) is 23.0. The minimum atomic E-state index is -3.70. The maximum Gasteiger partial charge on any atom is 0.296 e. The van der Waals surface area contributed by atoms with Crippen molar-refractivity contribution < 1.29 is 12.6 Å². The van der Waals surface area contributed by atoms with E-state index in [0.717, 1.165) is 24.8 Å². The Hall–Kier alpha value is -1.43. The van der Waals surface area contributed by atoms with Crippen molar-refractivity contribution in [2.24, 2.45) is 0 Å². The molecule has 190 valence electrons. The Kier molecular flexibility index (Phi) is 13.2. The standard InChI is InChI=1S/C29H46O3SSi/c1-4-7-22-34(23-8-5-2,24-9-6-3)25-14-13-21-32-33(30,31)29-19-17-28(18-20-29)26-27-15-11-10-12-16-27/h10-12,15-20H,4-9,13-14,21-26H2,1-3H3. The van der Waals surface area contributed by atoms with Gasteiger partial charge in [-0.1, -0.05) is 132 Å². The van der Waals surface area contributed by atoms with Crippen molar-refractivity contribution >= 4 is 18.2 Å². The van der Waals surface area contributed by atoms with Crippen LogP contribution in [0, 0.1) is 0 Å². The normalized spacial score (nSPS) is 12.2. The first-order valence-corrected chi connectivity index (χ1v) is 17.7. The van der Waals surface area contributed by atoms with Gasteiger partial charge in [-0.15, -0.1) is 0 Å². The van der Waals surface area contributed by atoms with Crippen LogP contribution in [-0.2, 0) is 20.7 Å². The number of rotatable bonds is 18. The quantitative estimate of drug-likeness (QED) is 0.116. The fourth-order valence-electron chi connectivity index (χ4n) is 4.85. The van der Waals surface area contributed by atoms with Gasteiger partial charge in [0, 0.05) is 0 Å². The van der Waals surface area contributed by atoms with Crippen LogP contribution in [0.15, 0.2) is 59.5 Å². The smallest absolute Gasteiger partial charge is 0.266 e. The van der Waals surface area contributed by atoms with Gasteiger partial charge in [0.25, 0.3) is 10.1 Å². The highest BCUT2D eigenvalue weighted by Crippen LogP contribution is 2.33. The summed E-state index contributed by atoms with van der Waals surface area (Å²) in [6.45, 7) is 7.18. The van der Waals surface area contributed by atoms with E-state index in [2.05, 4.69) is 32.9 Å². The second kappa shape index (κ2) is 15.5. The summed E-state index contributed by atoms with van der Waals surface area (Å²) < 4.78 is 30.8. The molecule has 0 amide bonds. The van der Waals surface area contributed by atoms with Gasteiger partial charge in [-0.2, -0.15) is 8.42 Å². The molecule has 34 heavy (non-hydrogen) atoms. The third-order valence-electron chi connectivity index (χ3n) is 6.99. The molecule has 2 aromatic carbocycles. The number of benzene rings is 2. The molecule has 3 nitrogen and oxygen atoms in total. The molecular weight excluding hydrogens is 456 g/mol. The number of hydrogen-bond donors (Lipinski definition) is 0. The minimum absolute atomic E-state index is 0.252. The summed E-state index contributed by atoms with van der Waals surface area (Å²) in [5.74, 6) is 0. The van der Waals surface area contributed by atoms with Crippen molar-refractivity contribution in [1.82, 2.24) is 0 Å². The van der Waals surface area contributed by atoms with Crippen molar-refractivity contribution in [2.45, 2.75) is 108 Å². The zero-order valence-corrected chi connectivity index (χ0v) is 23.5. The fraction of sp³-hybridized carbons (Fsp3) is 0.586. The van der Waals surface area contributed by atoms with Gasteiger partial charge in [-0.05, 0) is 36.1 Å². The summed E-state index contributed by atoms with van der Waals surface area (Å²) in [7, 11) is -4.96. The lowest BCUT2D eigenvalue weighted by Gasteiger charge is -2.32. The Morgan fingerprint density at radius 1 is 0.647 bits per heavy atom. The highest BCUT2D eigenvalue weighted by molar-refractivity contribution is 7.86. The molecule has 0 atom stereocenters. The molecule has 0 aliphatic rings. The molecule has 0 radical (unpaired) electrons. The number of hydrogen-bond acceptors (Lipinski definition) is 3. The fourth-order valence-corrected chi connectivity index (χ4v) is 11.6. The third-order valence-corrected chi connectivity index (χ3v) is 14.0. The second-order valence-corrected chi connectivity index (χ2v) is 16.5. The minimum Gasteiger partial charge on any atom is -0.266 e. The second-order valence-electron chi connectivity index (χ2n) is 9.85. The maximum atomic E-state index is 12.7. The molecule has 0 bridgehead atoms. The SMILES string of the molecule is CCCC[Si](CCCC)(CCCC)CCCCOS(=O)(=O)c1ccc(Cc2ccccc2)cc1. The van der Waals surface area contributed by atoms with Crippen LogP contribution in [0.1, 0.15) is 83.3 Å². The molecule has 0 spiro atoms. The monoisotopic (exact) mass is 502 g/mol. The van der Waals surface area contributed by atoms with Gasteiger partial charge in [-0.3, -0.25) is 4.18 Å². The predicted octanol–water partition coefficient (Wildman–Crippen LogP) is 8.61. The van der Waals surface area contributed by atoms with Gasteiger partial charge < -0.3 is 0 Å². The van der Waals surface area contributed by atoms with Crippen LogP contribution in [-0.4, -0.2) is 23.1 Å². The molecule has 0 fully saturated rings.